The van der Waals surface area contributed by atoms with Crippen LogP contribution in [0.5, 0.6) is 5.75 Å². The first kappa shape index (κ1) is 24.4. The third kappa shape index (κ3) is 9.77. The van der Waals surface area contributed by atoms with Crippen molar-refractivity contribution in [1.29, 1.82) is 0 Å². The Balaban J connectivity index is 1.86. The molecule has 2 rings (SSSR count). The van der Waals surface area contributed by atoms with Crippen molar-refractivity contribution in [2.75, 3.05) is 58.1 Å². The van der Waals surface area contributed by atoms with Crippen molar-refractivity contribution >= 4 is 15.8 Å². The summed E-state index contributed by atoms with van der Waals surface area (Å²) in [5.41, 5.74) is 2.18. The second kappa shape index (κ2) is 12.8. The van der Waals surface area contributed by atoms with Crippen LogP contribution in [0.4, 0.5) is 0 Å². The molecule has 1 aliphatic heterocycles. The summed E-state index contributed by atoms with van der Waals surface area (Å²) in [6, 6.07) is 6.17. The van der Waals surface area contributed by atoms with Crippen molar-refractivity contribution in [2.24, 2.45) is 10.9 Å². The minimum Gasteiger partial charge on any atom is -0.493 e. The Morgan fingerprint density at radius 2 is 2.13 bits per heavy atom. The first-order chi connectivity index (χ1) is 14.4. The fraction of sp³-hybridized carbons (Fsp3) is 0.667. The van der Waals surface area contributed by atoms with E-state index in [4.69, 9.17) is 14.2 Å². The fourth-order valence-corrected chi connectivity index (χ4v) is 3.33. The average Bonchev–Trinajstić information content (AvgIpc) is 3.20. The van der Waals surface area contributed by atoms with Gasteiger partial charge in [0.15, 0.2) is 5.96 Å². The number of nitrogens with zero attached hydrogens (tertiary/aromatic N) is 1. The molecule has 1 heterocycles. The number of ether oxygens (including phenoxy) is 3. The number of nitrogens with one attached hydrogen (secondary N) is 2. The molecule has 0 aromatic heterocycles. The smallest absolute Gasteiger partial charge is 0.191 e. The monoisotopic (exact) mass is 441 g/mol. The molecule has 0 saturated carbocycles. The molecule has 1 unspecified atom stereocenters. The summed E-state index contributed by atoms with van der Waals surface area (Å²) >= 11 is 0. The number of rotatable bonds is 12. The van der Waals surface area contributed by atoms with E-state index in [0.29, 0.717) is 38.2 Å². The van der Waals surface area contributed by atoms with Gasteiger partial charge in [-0.05, 0) is 31.9 Å². The molecule has 0 bridgehead atoms. The number of aliphatic imine (C=N–C) groups is 1. The Kier molecular flexibility index (Phi) is 10.4. The predicted molar refractivity (Wildman–Crippen MR) is 119 cm³/mol. The van der Waals surface area contributed by atoms with Gasteiger partial charge >= 0.3 is 0 Å². The molecular weight excluding hydrogens is 406 g/mol. The molecular formula is C21H35N3O5S. The lowest BCUT2D eigenvalue weighted by molar-refractivity contribution is 0.154. The van der Waals surface area contributed by atoms with Gasteiger partial charge in [-0.15, -0.1) is 0 Å². The van der Waals surface area contributed by atoms with E-state index in [2.05, 4.69) is 33.8 Å². The highest BCUT2D eigenvalue weighted by Gasteiger charge is 2.17. The van der Waals surface area contributed by atoms with Crippen molar-refractivity contribution < 1.29 is 22.6 Å². The SMILES string of the molecule is CCNC(=NCc1ccc(C)cc1OCC1CCOC1)NCCOCCS(C)(=O)=O. The van der Waals surface area contributed by atoms with Crippen molar-refractivity contribution in [1.82, 2.24) is 10.6 Å². The van der Waals surface area contributed by atoms with E-state index in [1.165, 1.54) is 6.26 Å². The standard InChI is InChI=1S/C21H35N3O5S/c1-4-22-21(23-8-10-27-11-12-30(3,25)26)24-14-19-6-5-17(2)13-20(19)29-16-18-7-9-28-15-18/h5-6,13,18H,4,7-12,14-16H2,1-3H3,(H2,22,23,24). The van der Waals surface area contributed by atoms with Gasteiger partial charge in [0.2, 0.25) is 0 Å². The lowest BCUT2D eigenvalue weighted by Gasteiger charge is -2.15. The summed E-state index contributed by atoms with van der Waals surface area (Å²) in [6.07, 6.45) is 2.25. The Morgan fingerprint density at radius 3 is 2.83 bits per heavy atom. The van der Waals surface area contributed by atoms with Gasteiger partial charge in [-0.2, -0.15) is 0 Å². The zero-order valence-corrected chi connectivity index (χ0v) is 19.1. The number of hydrogen-bond donors (Lipinski definition) is 2. The van der Waals surface area contributed by atoms with E-state index in [1.807, 2.05) is 13.8 Å². The Labute approximate surface area is 180 Å². The number of benzene rings is 1. The second-order valence-electron chi connectivity index (χ2n) is 7.52. The molecule has 30 heavy (non-hydrogen) atoms. The van der Waals surface area contributed by atoms with Crippen LogP contribution in [0.3, 0.4) is 0 Å². The topological polar surface area (TPSA) is 98.2 Å². The van der Waals surface area contributed by atoms with E-state index in [0.717, 1.165) is 43.1 Å². The fourth-order valence-electron chi connectivity index (χ4n) is 2.91. The summed E-state index contributed by atoms with van der Waals surface area (Å²) in [6.45, 7) is 8.65. The van der Waals surface area contributed by atoms with E-state index in [-0.39, 0.29) is 12.4 Å². The highest BCUT2D eigenvalue weighted by Crippen LogP contribution is 2.23. The first-order valence-corrected chi connectivity index (χ1v) is 12.5. The zero-order valence-electron chi connectivity index (χ0n) is 18.3. The number of sulfone groups is 1. The van der Waals surface area contributed by atoms with Crippen LogP contribution in [-0.2, 0) is 25.9 Å². The summed E-state index contributed by atoms with van der Waals surface area (Å²) in [5, 5.41) is 6.41. The van der Waals surface area contributed by atoms with Crippen LogP contribution in [0.1, 0.15) is 24.5 Å². The zero-order chi connectivity index (χ0) is 21.8. The molecule has 1 saturated heterocycles. The molecule has 9 heteroatoms. The summed E-state index contributed by atoms with van der Waals surface area (Å²) in [5.74, 6) is 2.03. The largest absolute Gasteiger partial charge is 0.493 e. The van der Waals surface area contributed by atoms with Gasteiger partial charge in [0.25, 0.3) is 0 Å². The van der Waals surface area contributed by atoms with Crippen LogP contribution in [-0.4, -0.2) is 72.5 Å². The predicted octanol–water partition coefficient (Wildman–Crippen LogP) is 1.53. The maximum absolute atomic E-state index is 11.1. The van der Waals surface area contributed by atoms with Crippen molar-refractivity contribution in [3.05, 3.63) is 29.3 Å². The quantitative estimate of drug-likeness (QED) is 0.288. The summed E-state index contributed by atoms with van der Waals surface area (Å²) in [7, 11) is -2.99. The summed E-state index contributed by atoms with van der Waals surface area (Å²) < 4.78 is 39.1. The van der Waals surface area contributed by atoms with Gasteiger partial charge in [0.1, 0.15) is 15.6 Å². The Morgan fingerprint density at radius 1 is 1.30 bits per heavy atom. The van der Waals surface area contributed by atoms with Crippen LogP contribution in [0, 0.1) is 12.8 Å². The van der Waals surface area contributed by atoms with Crippen LogP contribution in [0.25, 0.3) is 0 Å². The molecule has 0 radical (unpaired) electrons. The van der Waals surface area contributed by atoms with Gasteiger partial charge in [-0.25, -0.2) is 13.4 Å². The van der Waals surface area contributed by atoms with Crippen LogP contribution in [0.15, 0.2) is 23.2 Å². The summed E-state index contributed by atoms with van der Waals surface area (Å²) in [4.78, 5) is 4.65. The lowest BCUT2D eigenvalue weighted by Crippen LogP contribution is -2.39. The molecule has 1 atom stereocenters. The Hall–Kier alpha value is -1.84. The maximum Gasteiger partial charge on any atom is 0.191 e. The third-order valence-electron chi connectivity index (χ3n) is 4.61. The van der Waals surface area contributed by atoms with E-state index in [1.54, 1.807) is 0 Å². The molecule has 8 nitrogen and oxygen atoms in total. The Bertz CT molecular complexity index is 777. The normalized spacial score (nSPS) is 17.2. The van der Waals surface area contributed by atoms with Crippen LogP contribution in [0.2, 0.25) is 0 Å². The van der Waals surface area contributed by atoms with Gasteiger partial charge in [-0.3, -0.25) is 0 Å². The van der Waals surface area contributed by atoms with Gasteiger partial charge in [-0.1, -0.05) is 12.1 Å². The molecule has 1 fully saturated rings. The van der Waals surface area contributed by atoms with E-state index >= 15 is 0 Å². The third-order valence-corrected chi connectivity index (χ3v) is 5.52. The molecule has 1 aromatic rings. The highest BCUT2D eigenvalue weighted by atomic mass is 32.2. The molecule has 2 N–H and O–H groups in total. The minimum atomic E-state index is -2.99. The van der Waals surface area contributed by atoms with Gasteiger partial charge in [0, 0.05) is 37.4 Å². The molecule has 1 aromatic carbocycles. The average molecular weight is 442 g/mol. The molecule has 0 aliphatic carbocycles. The molecule has 0 amide bonds. The second-order valence-corrected chi connectivity index (χ2v) is 9.78. The first-order valence-electron chi connectivity index (χ1n) is 10.4. The van der Waals surface area contributed by atoms with Crippen LogP contribution < -0.4 is 15.4 Å². The van der Waals surface area contributed by atoms with Gasteiger partial charge in [0.05, 0.1) is 38.7 Å². The van der Waals surface area contributed by atoms with Gasteiger partial charge < -0.3 is 24.8 Å². The van der Waals surface area contributed by atoms with Crippen LogP contribution >= 0.6 is 0 Å². The van der Waals surface area contributed by atoms with E-state index < -0.39 is 9.84 Å². The number of hydrogen-bond acceptors (Lipinski definition) is 6. The highest BCUT2D eigenvalue weighted by molar-refractivity contribution is 7.90. The maximum atomic E-state index is 11.1. The molecule has 1 aliphatic rings. The molecule has 0 spiro atoms. The number of aryl methyl sites for hydroxylation is 1. The lowest BCUT2D eigenvalue weighted by atomic mass is 10.1. The minimum absolute atomic E-state index is 0.0321. The van der Waals surface area contributed by atoms with Crippen molar-refractivity contribution in [2.45, 2.75) is 26.8 Å². The van der Waals surface area contributed by atoms with E-state index in [9.17, 15) is 8.42 Å². The molecule has 170 valence electrons. The number of guanidine groups is 1. The van der Waals surface area contributed by atoms with Crippen molar-refractivity contribution in [3.63, 3.8) is 0 Å². The van der Waals surface area contributed by atoms with Crippen molar-refractivity contribution in [3.8, 4) is 5.75 Å².